The Balaban J connectivity index is 0.00000336. The Morgan fingerprint density at radius 3 is 2.39 bits per heavy atom. The molecular weight excluding hydrogens is 522 g/mol. The minimum absolute atomic E-state index is 0. The van der Waals surface area contributed by atoms with Crippen molar-refractivity contribution in [3.05, 3.63) is 97.4 Å². The molecule has 0 atom stereocenters. The first-order chi connectivity index (χ1) is 18.0. The van der Waals surface area contributed by atoms with Gasteiger partial charge in [-0.05, 0) is 42.1 Å². The van der Waals surface area contributed by atoms with E-state index >= 15 is 0 Å². The maximum Gasteiger partial charge on any atom is 0.345 e. The van der Waals surface area contributed by atoms with E-state index in [-0.39, 0.29) is 25.5 Å². The van der Waals surface area contributed by atoms with E-state index in [1.807, 2.05) is 58.8 Å². The van der Waals surface area contributed by atoms with Gasteiger partial charge in [0.05, 0.1) is 29.2 Å². The summed E-state index contributed by atoms with van der Waals surface area (Å²) in [4.78, 5) is 44.5. The third-order valence-electron chi connectivity index (χ3n) is 6.48. The number of nitrogens with zero attached hydrogens (tertiary/aromatic N) is 3. The Bertz CT molecular complexity index is 1490. The van der Waals surface area contributed by atoms with Gasteiger partial charge in [0.2, 0.25) is 0 Å². The van der Waals surface area contributed by atoms with E-state index in [4.69, 9.17) is 16.3 Å². The summed E-state index contributed by atoms with van der Waals surface area (Å²) in [6.45, 7) is 4.02. The third-order valence-corrected chi connectivity index (χ3v) is 7.57. The van der Waals surface area contributed by atoms with E-state index in [2.05, 4.69) is 0 Å². The van der Waals surface area contributed by atoms with Crippen LogP contribution in [0.1, 0.15) is 39.9 Å². The van der Waals surface area contributed by atoms with Crippen LogP contribution in [-0.4, -0.2) is 54.1 Å². The molecule has 198 valence electrons. The second-order valence-electron chi connectivity index (χ2n) is 8.74. The van der Waals surface area contributed by atoms with Crippen LogP contribution in [0.4, 0.5) is 5.69 Å². The average Bonchev–Trinajstić information content (AvgIpc) is 3.45. The molecule has 1 amide bonds. The molecule has 9 heteroatoms. The van der Waals surface area contributed by atoms with Crippen LogP contribution in [0, 0.1) is 0 Å². The third kappa shape index (κ3) is 5.33. The molecule has 1 saturated heterocycles. The van der Waals surface area contributed by atoms with Crippen molar-refractivity contribution in [2.75, 3.05) is 37.7 Å². The Morgan fingerprint density at radius 2 is 1.74 bits per heavy atom. The zero-order valence-electron chi connectivity index (χ0n) is 20.4. The van der Waals surface area contributed by atoms with E-state index in [0.29, 0.717) is 59.2 Å². The van der Waals surface area contributed by atoms with Crippen LogP contribution >= 0.6 is 22.9 Å². The maximum absolute atomic E-state index is 13.9. The SMILES string of the molecule is C.CCOC(=O)c1c(N2CCN(C(=O)c3cccs3)CC2)c2cc(Cl)ccc2n(Cc2ccccc2)c1=O. The monoisotopic (exact) mass is 551 g/mol. The highest BCUT2D eigenvalue weighted by Crippen LogP contribution is 2.33. The van der Waals surface area contributed by atoms with Gasteiger partial charge in [-0.15, -0.1) is 11.3 Å². The number of thiophene rings is 1. The number of hydrogen-bond donors (Lipinski definition) is 0. The Morgan fingerprint density at radius 1 is 1.00 bits per heavy atom. The molecule has 7 nitrogen and oxygen atoms in total. The fourth-order valence-electron chi connectivity index (χ4n) is 4.74. The Labute approximate surface area is 230 Å². The summed E-state index contributed by atoms with van der Waals surface area (Å²) in [6.07, 6.45) is 0. The lowest BCUT2D eigenvalue weighted by Gasteiger charge is -2.37. The van der Waals surface area contributed by atoms with Crippen LogP contribution in [0.15, 0.2) is 70.8 Å². The lowest BCUT2D eigenvalue weighted by molar-refractivity contribution is 0.0523. The number of pyridine rings is 1. The van der Waals surface area contributed by atoms with Gasteiger partial charge >= 0.3 is 5.97 Å². The summed E-state index contributed by atoms with van der Waals surface area (Å²) in [5.74, 6) is -0.672. The Kier molecular flexibility index (Phi) is 8.54. The standard InChI is InChI=1S/C28H26ClN3O4S.CH4/c1-2-36-28(35)24-25(30-12-14-31(15-13-30)26(33)23-9-6-16-37-23)21-17-20(29)10-11-22(21)32(27(24)34)18-19-7-4-3-5-8-19;/h3-11,16-17H,2,12-15,18H2,1H3;1H4. The van der Waals surface area contributed by atoms with Gasteiger partial charge in [-0.2, -0.15) is 0 Å². The number of hydrogen-bond acceptors (Lipinski definition) is 6. The molecule has 0 unspecified atom stereocenters. The second-order valence-corrected chi connectivity index (χ2v) is 10.1. The van der Waals surface area contributed by atoms with Crippen molar-refractivity contribution < 1.29 is 14.3 Å². The summed E-state index contributed by atoms with van der Waals surface area (Å²) in [5.41, 5.74) is 1.70. The fourth-order valence-corrected chi connectivity index (χ4v) is 5.60. The van der Waals surface area contributed by atoms with Gasteiger partial charge in [-0.1, -0.05) is 55.4 Å². The molecule has 2 aromatic carbocycles. The number of carbonyl (C=O) groups is 2. The Hall–Kier alpha value is -3.62. The lowest BCUT2D eigenvalue weighted by atomic mass is 10.0. The summed E-state index contributed by atoms with van der Waals surface area (Å²) in [7, 11) is 0. The van der Waals surface area contributed by atoms with Crippen molar-refractivity contribution in [1.82, 2.24) is 9.47 Å². The molecular formula is C29H30ClN3O4S. The highest BCUT2D eigenvalue weighted by molar-refractivity contribution is 7.12. The highest BCUT2D eigenvalue weighted by atomic mass is 35.5. The summed E-state index contributed by atoms with van der Waals surface area (Å²) in [5, 5.41) is 3.08. The lowest BCUT2D eigenvalue weighted by Crippen LogP contribution is -2.49. The first-order valence-corrected chi connectivity index (χ1v) is 13.4. The van der Waals surface area contributed by atoms with E-state index in [1.165, 1.54) is 11.3 Å². The van der Waals surface area contributed by atoms with Crippen molar-refractivity contribution in [2.45, 2.75) is 20.9 Å². The number of esters is 1. The molecule has 1 aliphatic rings. The van der Waals surface area contributed by atoms with Crippen molar-refractivity contribution in [2.24, 2.45) is 0 Å². The minimum atomic E-state index is -0.664. The molecule has 0 aliphatic carbocycles. The van der Waals surface area contributed by atoms with E-state index in [9.17, 15) is 14.4 Å². The number of amides is 1. The van der Waals surface area contributed by atoms with Gasteiger partial charge in [-0.25, -0.2) is 4.79 Å². The molecule has 38 heavy (non-hydrogen) atoms. The van der Waals surface area contributed by atoms with Gasteiger partial charge in [-0.3, -0.25) is 9.59 Å². The highest BCUT2D eigenvalue weighted by Gasteiger charge is 2.30. The maximum atomic E-state index is 13.9. The summed E-state index contributed by atoms with van der Waals surface area (Å²) < 4.78 is 6.96. The van der Waals surface area contributed by atoms with E-state index < -0.39 is 11.5 Å². The molecule has 1 aliphatic heterocycles. The normalized spacial score (nSPS) is 13.3. The van der Waals surface area contributed by atoms with Crippen molar-refractivity contribution in [1.29, 1.82) is 0 Å². The number of fused-ring (bicyclic) bond motifs is 1. The number of carbonyl (C=O) groups excluding carboxylic acids is 2. The summed E-state index contributed by atoms with van der Waals surface area (Å²) in [6, 6.07) is 18.7. The van der Waals surface area contributed by atoms with Crippen molar-refractivity contribution in [3.63, 3.8) is 0 Å². The van der Waals surface area contributed by atoms with Gasteiger partial charge in [0.15, 0.2) is 0 Å². The van der Waals surface area contributed by atoms with Gasteiger partial charge in [0.25, 0.3) is 11.5 Å². The van der Waals surface area contributed by atoms with Crippen LogP contribution in [0.5, 0.6) is 0 Å². The van der Waals surface area contributed by atoms with E-state index in [1.54, 1.807) is 28.5 Å². The van der Waals surface area contributed by atoms with Crippen molar-refractivity contribution >= 4 is 51.4 Å². The predicted molar refractivity (Wildman–Crippen MR) is 154 cm³/mol. The fraction of sp³-hybridized carbons (Fsp3) is 0.276. The van der Waals surface area contributed by atoms with Crippen LogP contribution in [0.25, 0.3) is 10.9 Å². The van der Waals surface area contributed by atoms with E-state index in [0.717, 1.165) is 5.56 Å². The van der Waals surface area contributed by atoms with Gasteiger partial charge < -0.3 is 19.1 Å². The predicted octanol–water partition coefficient (Wildman–Crippen LogP) is 5.54. The largest absolute Gasteiger partial charge is 0.462 e. The minimum Gasteiger partial charge on any atom is -0.462 e. The number of piperazine rings is 1. The molecule has 2 aromatic heterocycles. The van der Waals surface area contributed by atoms with Gasteiger partial charge in [0.1, 0.15) is 5.56 Å². The molecule has 4 aromatic rings. The van der Waals surface area contributed by atoms with Crippen LogP contribution in [0.3, 0.4) is 0 Å². The number of halogens is 1. The number of benzene rings is 2. The van der Waals surface area contributed by atoms with Crippen LogP contribution in [0.2, 0.25) is 5.02 Å². The number of rotatable bonds is 6. The molecule has 0 saturated carbocycles. The number of ether oxygens (including phenoxy) is 1. The number of anilines is 1. The van der Waals surface area contributed by atoms with Crippen LogP contribution < -0.4 is 10.5 Å². The number of aromatic nitrogens is 1. The quantitative estimate of drug-likeness (QED) is 0.294. The molecule has 0 bridgehead atoms. The zero-order valence-corrected chi connectivity index (χ0v) is 21.9. The molecule has 0 radical (unpaired) electrons. The molecule has 0 spiro atoms. The summed E-state index contributed by atoms with van der Waals surface area (Å²) >= 11 is 7.84. The average molecular weight is 552 g/mol. The smallest absolute Gasteiger partial charge is 0.345 e. The first kappa shape index (κ1) is 27.4. The zero-order chi connectivity index (χ0) is 25.9. The molecule has 5 rings (SSSR count). The van der Waals surface area contributed by atoms with Crippen LogP contribution in [-0.2, 0) is 11.3 Å². The molecule has 0 N–H and O–H groups in total. The van der Waals surface area contributed by atoms with Crippen molar-refractivity contribution in [3.8, 4) is 0 Å². The van der Waals surface area contributed by atoms with Gasteiger partial charge in [0, 0.05) is 36.6 Å². The second kappa shape index (κ2) is 11.8. The first-order valence-electron chi connectivity index (χ1n) is 12.1. The topological polar surface area (TPSA) is 71.8 Å². The molecule has 3 heterocycles. The molecule has 1 fully saturated rings.